The molecule has 0 fully saturated rings. The fourth-order valence-corrected chi connectivity index (χ4v) is 1.73. The SMILES string of the molecule is CCc1c([CH]C(N)=O)oc2ccccc12. The Kier molecular flexibility index (Phi) is 2.46. The minimum absolute atomic E-state index is 0.483. The van der Waals surface area contributed by atoms with Gasteiger partial charge in [0.15, 0.2) is 0 Å². The Bertz CT molecular complexity index is 499. The number of aryl methyl sites for hydroxylation is 1. The Balaban J connectivity index is 2.58. The third-order valence-corrected chi connectivity index (χ3v) is 2.36. The summed E-state index contributed by atoms with van der Waals surface area (Å²) in [5.41, 5.74) is 6.94. The van der Waals surface area contributed by atoms with Crippen LogP contribution in [0.5, 0.6) is 0 Å². The first kappa shape index (κ1) is 9.77. The lowest BCUT2D eigenvalue weighted by Gasteiger charge is -1.95. The largest absolute Gasteiger partial charge is 0.460 e. The van der Waals surface area contributed by atoms with Crippen molar-refractivity contribution in [2.45, 2.75) is 13.3 Å². The highest BCUT2D eigenvalue weighted by atomic mass is 16.3. The van der Waals surface area contributed by atoms with Gasteiger partial charge in [0.05, 0.1) is 0 Å². The highest BCUT2D eigenvalue weighted by Gasteiger charge is 2.13. The first-order valence-corrected chi connectivity index (χ1v) is 4.87. The minimum Gasteiger partial charge on any atom is -0.460 e. The number of rotatable bonds is 3. The van der Waals surface area contributed by atoms with E-state index in [1.807, 2.05) is 31.2 Å². The van der Waals surface area contributed by atoms with E-state index in [1.165, 1.54) is 6.42 Å². The predicted octanol–water partition coefficient (Wildman–Crippen LogP) is 2.03. The van der Waals surface area contributed by atoms with Gasteiger partial charge in [-0.15, -0.1) is 0 Å². The minimum atomic E-state index is -0.483. The molecule has 1 aromatic carbocycles. The summed E-state index contributed by atoms with van der Waals surface area (Å²) in [5.74, 6) is 0.0926. The van der Waals surface area contributed by atoms with Crippen molar-refractivity contribution in [3.8, 4) is 0 Å². The van der Waals surface area contributed by atoms with Crippen LogP contribution in [-0.4, -0.2) is 5.91 Å². The number of carbonyl (C=O) groups is 1. The molecule has 2 N–H and O–H groups in total. The average Bonchev–Trinajstić information content (AvgIpc) is 2.53. The molecule has 0 aliphatic heterocycles. The van der Waals surface area contributed by atoms with Crippen molar-refractivity contribution in [1.82, 2.24) is 0 Å². The number of fused-ring (bicyclic) bond motifs is 1. The molecule has 1 aromatic heterocycles. The fourth-order valence-electron chi connectivity index (χ4n) is 1.73. The quantitative estimate of drug-likeness (QED) is 0.827. The van der Waals surface area contributed by atoms with Gasteiger partial charge in [-0.2, -0.15) is 0 Å². The highest BCUT2D eigenvalue weighted by molar-refractivity contribution is 5.90. The van der Waals surface area contributed by atoms with Gasteiger partial charge in [0, 0.05) is 10.9 Å². The Morgan fingerprint density at radius 1 is 1.47 bits per heavy atom. The number of para-hydroxylation sites is 1. The van der Waals surface area contributed by atoms with Crippen molar-refractivity contribution in [2.75, 3.05) is 0 Å². The lowest BCUT2D eigenvalue weighted by molar-refractivity contribution is -0.114. The van der Waals surface area contributed by atoms with E-state index >= 15 is 0 Å². The third kappa shape index (κ3) is 1.73. The molecule has 2 rings (SSSR count). The van der Waals surface area contributed by atoms with Gasteiger partial charge >= 0.3 is 0 Å². The van der Waals surface area contributed by atoms with Crippen LogP contribution in [0.2, 0.25) is 0 Å². The zero-order valence-corrected chi connectivity index (χ0v) is 8.49. The number of primary amides is 1. The molecule has 0 atom stereocenters. The number of hydrogen-bond acceptors (Lipinski definition) is 2. The van der Waals surface area contributed by atoms with E-state index in [0.29, 0.717) is 5.76 Å². The summed E-state index contributed by atoms with van der Waals surface area (Å²) < 4.78 is 5.54. The Morgan fingerprint density at radius 3 is 2.87 bits per heavy atom. The van der Waals surface area contributed by atoms with Crippen LogP contribution in [-0.2, 0) is 11.2 Å². The van der Waals surface area contributed by atoms with E-state index in [0.717, 1.165) is 23.0 Å². The van der Waals surface area contributed by atoms with Crippen molar-refractivity contribution in [3.63, 3.8) is 0 Å². The molecule has 1 amide bonds. The summed E-state index contributed by atoms with van der Waals surface area (Å²) in [6.45, 7) is 2.02. The number of furan rings is 1. The lowest BCUT2D eigenvalue weighted by atomic mass is 10.1. The number of amides is 1. The van der Waals surface area contributed by atoms with Gasteiger partial charge in [0.25, 0.3) is 0 Å². The van der Waals surface area contributed by atoms with Crippen molar-refractivity contribution >= 4 is 16.9 Å². The lowest BCUT2D eigenvalue weighted by Crippen LogP contribution is -2.11. The van der Waals surface area contributed by atoms with Gasteiger partial charge in [0.2, 0.25) is 5.91 Å². The Hall–Kier alpha value is -1.77. The van der Waals surface area contributed by atoms with E-state index in [2.05, 4.69) is 0 Å². The van der Waals surface area contributed by atoms with E-state index in [4.69, 9.17) is 10.2 Å². The van der Waals surface area contributed by atoms with Crippen LogP contribution in [0.15, 0.2) is 28.7 Å². The van der Waals surface area contributed by atoms with Gasteiger partial charge in [-0.3, -0.25) is 4.79 Å². The van der Waals surface area contributed by atoms with Crippen LogP contribution in [0.25, 0.3) is 11.0 Å². The highest BCUT2D eigenvalue weighted by Crippen LogP contribution is 2.27. The summed E-state index contributed by atoms with van der Waals surface area (Å²) in [7, 11) is 0. The van der Waals surface area contributed by atoms with Crippen LogP contribution < -0.4 is 5.73 Å². The summed E-state index contributed by atoms with van der Waals surface area (Å²) in [6, 6.07) is 7.72. The topological polar surface area (TPSA) is 56.2 Å². The second kappa shape index (κ2) is 3.77. The Morgan fingerprint density at radius 2 is 2.20 bits per heavy atom. The normalized spacial score (nSPS) is 10.7. The summed E-state index contributed by atoms with van der Waals surface area (Å²) in [4.78, 5) is 10.8. The zero-order chi connectivity index (χ0) is 10.8. The van der Waals surface area contributed by atoms with Gasteiger partial charge < -0.3 is 10.2 Å². The molecule has 0 bridgehead atoms. The van der Waals surface area contributed by atoms with Crippen molar-refractivity contribution in [3.05, 3.63) is 42.0 Å². The van der Waals surface area contributed by atoms with Gasteiger partial charge in [-0.05, 0) is 12.5 Å². The summed E-state index contributed by atoms with van der Waals surface area (Å²) >= 11 is 0. The van der Waals surface area contributed by atoms with E-state index in [-0.39, 0.29) is 0 Å². The van der Waals surface area contributed by atoms with Crippen LogP contribution in [0.1, 0.15) is 18.2 Å². The van der Waals surface area contributed by atoms with E-state index < -0.39 is 5.91 Å². The molecular weight excluding hydrogens is 190 g/mol. The molecule has 0 saturated heterocycles. The smallest absolute Gasteiger partial charge is 0.229 e. The maximum absolute atomic E-state index is 10.8. The second-order valence-corrected chi connectivity index (χ2v) is 3.34. The van der Waals surface area contributed by atoms with Crippen LogP contribution in [0.4, 0.5) is 0 Å². The fraction of sp³-hybridized carbons (Fsp3) is 0.167. The molecule has 3 nitrogen and oxygen atoms in total. The average molecular weight is 202 g/mol. The number of carbonyl (C=O) groups excluding carboxylic acids is 1. The molecule has 1 heterocycles. The van der Waals surface area contributed by atoms with Crippen molar-refractivity contribution < 1.29 is 9.21 Å². The van der Waals surface area contributed by atoms with Crippen molar-refractivity contribution in [2.24, 2.45) is 5.73 Å². The first-order chi connectivity index (χ1) is 7.22. The number of nitrogens with two attached hydrogens (primary N) is 1. The molecule has 0 unspecified atom stereocenters. The maximum Gasteiger partial charge on any atom is 0.229 e. The molecular formula is C12H12NO2. The monoisotopic (exact) mass is 202 g/mol. The number of benzene rings is 1. The number of hydrogen-bond donors (Lipinski definition) is 1. The molecule has 15 heavy (non-hydrogen) atoms. The van der Waals surface area contributed by atoms with Crippen LogP contribution in [0, 0.1) is 6.42 Å². The molecule has 77 valence electrons. The van der Waals surface area contributed by atoms with Gasteiger partial charge in [-0.25, -0.2) is 0 Å². The van der Waals surface area contributed by atoms with E-state index in [9.17, 15) is 4.79 Å². The van der Waals surface area contributed by atoms with Crippen molar-refractivity contribution in [1.29, 1.82) is 0 Å². The first-order valence-electron chi connectivity index (χ1n) is 4.87. The summed E-state index contributed by atoms with van der Waals surface area (Å²) in [5, 5.41) is 1.05. The standard InChI is InChI=1S/C12H12NO2/c1-2-8-9-5-3-4-6-10(9)15-11(8)7-12(13)14/h3-7H,2H2,1H3,(H2,13,14). The maximum atomic E-state index is 10.8. The molecule has 0 saturated carbocycles. The molecule has 0 aliphatic carbocycles. The summed E-state index contributed by atoms with van der Waals surface area (Å²) in [6.07, 6.45) is 2.15. The molecule has 3 heteroatoms. The van der Waals surface area contributed by atoms with Crippen LogP contribution in [0.3, 0.4) is 0 Å². The predicted molar refractivity (Wildman–Crippen MR) is 58.2 cm³/mol. The van der Waals surface area contributed by atoms with Gasteiger partial charge in [0.1, 0.15) is 17.8 Å². The van der Waals surface area contributed by atoms with Gasteiger partial charge in [-0.1, -0.05) is 25.1 Å². The molecule has 1 radical (unpaired) electrons. The molecule has 0 aliphatic rings. The third-order valence-electron chi connectivity index (χ3n) is 2.36. The van der Waals surface area contributed by atoms with Crippen LogP contribution >= 0.6 is 0 Å². The molecule has 2 aromatic rings. The zero-order valence-electron chi connectivity index (χ0n) is 8.49. The Labute approximate surface area is 87.9 Å². The molecule has 0 spiro atoms. The van der Waals surface area contributed by atoms with E-state index in [1.54, 1.807) is 0 Å². The second-order valence-electron chi connectivity index (χ2n) is 3.34.